The van der Waals surface area contributed by atoms with E-state index >= 15 is 0 Å². The smallest absolute Gasteiger partial charge is 0.297 e. The standard InChI is InChI=1S/C23H18N2O6S/c1-28-12-7-8-13-16(11-12)31-21-17(19(13)26)18(25(22(21)27)23-24-9-10-32-23)14-5-4-6-15(29-2)20(14)30-3/h4-11,18H,1-3H3/t18-/m0/s1. The molecule has 0 saturated heterocycles. The lowest BCUT2D eigenvalue weighted by atomic mass is 9.97. The Morgan fingerprint density at radius 2 is 1.91 bits per heavy atom. The van der Waals surface area contributed by atoms with Crippen LogP contribution >= 0.6 is 11.3 Å². The van der Waals surface area contributed by atoms with E-state index in [1.54, 1.807) is 48.0 Å². The number of benzene rings is 2. The third kappa shape index (κ3) is 2.85. The van der Waals surface area contributed by atoms with Gasteiger partial charge in [-0.2, -0.15) is 0 Å². The van der Waals surface area contributed by atoms with Crippen molar-refractivity contribution in [2.75, 3.05) is 26.2 Å². The fourth-order valence-corrected chi connectivity index (χ4v) is 4.70. The molecule has 2 aromatic carbocycles. The number of aromatic nitrogens is 1. The molecule has 4 aromatic rings. The van der Waals surface area contributed by atoms with Gasteiger partial charge in [0.25, 0.3) is 5.91 Å². The van der Waals surface area contributed by atoms with Crippen molar-refractivity contribution < 1.29 is 23.4 Å². The summed E-state index contributed by atoms with van der Waals surface area (Å²) in [5.74, 6) is 0.956. The van der Waals surface area contributed by atoms with E-state index in [9.17, 15) is 9.59 Å². The van der Waals surface area contributed by atoms with Crippen molar-refractivity contribution >= 4 is 33.3 Å². The third-order valence-corrected chi connectivity index (χ3v) is 6.20. The number of carbonyl (C=O) groups is 1. The number of nitrogens with zero attached hydrogens (tertiary/aromatic N) is 2. The molecule has 162 valence electrons. The molecule has 0 saturated carbocycles. The molecule has 1 aliphatic heterocycles. The Bertz CT molecular complexity index is 1400. The van der Waals surface area contributed by atoms with Gasteiger partial charge in [0.2, 0.25) is 5.76 Å². The molecule has 8 nitrogen and oxygen atoms in total. The molecule has 0 bridgehead atoms. The number of amides is 1. The largest absolute Gasteiger partial charge is 0.497 e. The molecule has 32 heavy (non-hydrogen) atoms. The minimum atomic E-state index is -0.795. The molecule has 0 radical (unpaired) electrons. The quantitative estimate of drug-likeness (QED) is 0.453. The van der Waals surface area contributed by atoms with Crippen molar-refractivity contribution in [3.8, 4) is 17.2 Å². The van der Waals surface area contributed by atoms with Crippen LogP contribution in [0, 0.1) is 0 Å². The zero-order valence-corrected chi connectivity index (χ0v) is 18.3. The Balaban J connectivity index is 1.84. The second-order valence-electron chi connectivity index (χ2n) is 7.01. The summed E-state index contributed by atoms with van der Waals surface area (Å²) in [5, 5.41) is 2.56. The zero-order chi connectivity index (χ0) is 22.4. The summed E-state index contributed by atoms with van der Waals surface area (Å²) in [6, 6.07) is 9.45. The molecule has 1 amide bonds. The molecule has 1 atom stereocenters. The van der Waals surface area contributed by atoms with Gasteiger partial charge in [-0.3, -0.25) is 14.5 Å². The lowest BCUT2D eigenvalue weighted by Gasteiger charge is -2.24. The maximum absolute atomic E-state index is 13.6. The highest BCUT2D eigenvalue weighted by molar-refractivity contribution is 7.13. The van der Waals surface area contributed by atoms with Crippen molar-refractivity contribution in [3.63, 3.8) is 0 Å². The molecular weight excluding hydrogens is 432 g/mol. The molecule has 0 N–H and O–H groups in total. The predicted octanol–water partition coefficient (Wildman–Crippen LogP) is 4.03. The van der Waals surface area contributed by atoms with E-state index in [0.29, 0.717) is 33.3 Å². The van der Waals surface area contributed by atoms with Crippen LogP contribution in [0.2, 0.25) is 0 Å². The number of fused-ring (bicyclic) bond motifs is 2. The van der Waals surface area contributed by atoms with Gasteiger partial charge in [0.05, 0.1) is 32.3 Å². The molecular formula is C23H18N2O6S. The van der Waals surface area contributed by atoms with Crippen LogP contribution in [-0.2, 0) is 0 Å². The zero-order valence-electron chi connectivity index (χ0n) is 17.4. The van der Waals surface area contributed by atoms with Crippen molar-refractivity contribution in [2.45, 2.75) is 6.04 Å². The van der Waals surface area contributed by atoms with E-state index in [2.05, 4.69) is 4.98 Å². The van der Waals surface area contributed by atoms with Crippen molar-refractivity contribution in [1.82, 2.24) is 4.98 Å². The molecule has 0 fully saturated rings. The average Bonchev–Trinajstić information content (AvgIpc) is 3.44. The molecule has 2 aromatic heterocycles. The lowest BCUT2D eigenvalue weighted by molar-refractivity contribution is 0.0970. The minimum Gasteiger partial charge on any atom is -0.497 e. The molecule has 0 unspecified atom stereocenters. The Labute approximate surface area is 186 Å². The van der Waals surface area contributed by atoms with Crippen LogP contribution in [0.4, 0.5) is 5.13 Å². The summed E-state index contributed by atoms with van der Waals surface area (Å²) in [4.78, 5) is 33.0. The van der Waals surface area contributed by atoms with Gasteiger partial charge in [0, 0.05) is 23.2 Å². The number of carbonyl (C=O) groups excluding carboxylic acids is 1. The number of thiazole rings is 1. The number of rotatable bonds is 5. The van der Waals surface area contributed by atoms with E-state index in [1.807, 2.05) is 0 Å². The summed E-state index contributed by atoms with van der Waals surface area (Å²) in [6.07, 6.45) is 1.60. The van der Waals surface area contributed by atoms with Crippen molar-refractivity contribution in [1.29, 1.82) is 0 Å². The van der Waals surface area contributed by atoms with Crippen molar-refractivity contribution in [3.05, 3.63) is 75.1 Å². The van der Waals surface area contributed by atoms with Crippen LogP contribution < -0.4 is 24.5 Å². The SMILES string of the molecule is COc1ccc2c(=O)c3c(oc2c1)C(=O)N(c1nccs1)[C@H]3c1cccc(OC)c1OC. The van der Waals surface area contributed by atoms with Crippen molar-refractivity contribution in [2.24, 2.45) is 0 Å². The van der Waals surface area contributed by atoms with Gasteiger partial charge in [-0.05, 0) is 18.2 Å². The minimum absolute atomic E-state index is 0.0270. The fraction of sp³-hybridized carbons (Fsp3) is 0.174. The first-order chi connectivity index (χ1) is 15.6. The monoisotopic (exact) mass is 450 g/mol. The number of methoxy groups -OCH3 is 3. The summed E-state index contributed by atoms with van der Waals surface area (Å²) in [6.45, 7) is 0. The first-order valence-electron chi connectivity index (χ1n) is 9.67. The Hall–Kier alpha value is -3.85. The van der Waals surface area contributed by atoms with Crippen LogP contribution in [0.3, 0.4) is 0 Å². The van der Waals surface area contributed by atoms with Gasteiger partial charge in [0.1, 0.15) is 17.4 Å². The number of anilines is 1. The van der Waals surface area contributed by atoms with Gasteiger partial charge in [0.15, 0.2) is 22.1 Å². The van der Waals surface area contributed by atoms with E-state index in [4.69, 9.17) is 18.6 Å². The maximum atomic E-state index is 13.6. The van der Waals surface area contributed by atoms with E-state index in [1.165, 1.54) is 37.6 Å². The van der Waals surface area contributed by atoms with E-state index in [0.717, 1.165) is 0 Å². The van der Waals surface area contributed by atoms with Crippen LogP contribution in [0.1, 0.15) is 27.7 Å². The first kappa shape index (κ1) is 20.1. The highest BCUT2D eigenvalue weighted by Crippen LogP contribution is 2.46. The Morgan fingerprint density at radius 3 is 2.59 bits per heavy atom. The molecule has 1 aliphatic rings. The summed E-state index contributed by atoms with van der Waals surface area (Å²) in [7, 11) is 4.57. The summed E-state index contributed by atoms with van der Waals surface area (Å²) in [5.41, 5.74) is 0.800. The fourth-order valence-electron chi connectivity index (χ4n) is 4.03. The first-order valence-corrected chi connectivity index (χ1v) is 10.6. The number of hydrogen-bond donors (Lipinski definition) is 0. The predicted molar refractivity (Wildman–Crippen MR) is 119 cm³/mol. The van der Waals surface area contributed by atoms with Gasteiger partial charge < -0.3 is 18.6 Å². The van der Waals surface area contributed by atoms with Gasteiger partial charge in [-0.25, -0.2) is 4.98 Å². The molecule has 9 heteroatoms. The lowest BCUT2D eigenvalue weighted by Crippen LogP contribution is -2.29. The normalized spacial score (nSPS) is 15.2. The van der Waals surface area contributed by atoms with Crippen LogP contribution in [0.15, 0.2) is 57.2 Å². The highest BCUT2D eigenvalue weighted by atomic mass is 32.1. The second-order valence-corrected chi connectivity index (χ2v) is 7.88. The summed E-state index contributed by atoms with van der Waals surface area (Å²) >= 11 is 1.29. The van der Waals surface area contributed by atoms with Crippen LogP contribution in [0.5, 0.6) is 17.2 Å². The van der Waals surface area contributed by atoms with Gasteiger partial charge in [-0.1, -0.05) is 12.1 Å². The number of hydrogen-bond acceptors (Lipinski definition) is 8. The number of ether oxygens (including phenoxy) is 3. The molecule has 3 heterocycles. The topological polar surface area (TPSA) is 91.1 Å². The Kier molecular flexibility index (Phi) is 4.82. The van der Waals surface area contributed by atoms with Gasteiger partial charge >= 0.3 is 0 Å². The second kappa shape index (κ2) is 7.69. The van der Waals surface area contributed by atoms with E-state index in [-0.39, 0.29) is 22.3 Å². The van der Waals surface area contributed by atoms with Gasteiger partial charge in [-0.15, -0.1) is 11.3 Å². The number of para-hydroxylation sites is 1. The van der Waals surface area contributed by atoms with Crippen LogP contribution in [-0.4, -0.2) is 32.2 Å². The average molecular weight is 450 g/mol. The van der Waals surface area contributed by atoms with Crippen LogP contribution in [0.25, 0.3) is 11.0 Å². The summed E-state index contributed by atoms with van der Waals surface area (Å²) < 4.78 is 22.3. The Morgan fingerprint density at radius 1 is 1.06 bits per heavy atom. The molecule has 5 rings (SSSR count). The molecule has 0 spiro atoms. The maximum Gasteiger partial charge on any atom is 0.297 e. The third-order valence-electron chi connectivity index (χ3n) is 5.43. The van der Waals surface area contributed by atoms with E-state index < -0.39 is 11.9 Å². The highest BCUT2D eigenvalue weighted by Gasteiger charge is 2.46. The molecule has 0 aliphatic carbocycles.